The van der Waals surface area contributed by atoms with Gasteiger partial charge < -0.3 is 18.9 Å². The minimum absolute atomic E-state index is 0.119. The molecule has 0 saturated heterocycles. The molecule has 2 aromatic heterocycles. The lowest BCUT2D eigenvalue weighted by Crippen LogP contribution is -2.32. The zero-order valence-electron chi connectivity index (χ0n) is 14.0. The van der Waals surface area contributed by atoms with Gasteiger partial charge in [0, 0.05) is 11.8 Å². The number of anilines is 1. The number of ether oxygens (including phenoxy) is 1. The van der Waals surface area contributed by atoms with Crippen LogP contribution in [-0.2, 0) is 17.9 Å². The summed E-state index contributed by atoms with van der Waals surface area (Å²) >= 11 is 0. The second-order valence-electron chi connectivity index (χ2n) is 5.58. The maximum atomic E-state index is 12.4. The molecule has 2 heterocycles. The molecule has 130 valence electrons. The molecule has 1 aromatic carbocycles. The standard InChI is InChI=1S/C19H20N2O4/c1-23-16-6-2-5-15(11-16)20-19(22)14-21(12-17-7-3-9-24-17)13-18-8-4-10-25-18/h2-11H,12-14H2,1H3,(H,20,22). The van der Waals surface area contributed by atoms with Crippen molar-refractivity contribution in [2.75, 3.05) is 19.0 Å². The van der Waals surface area contributed by atoms with Crippen LogP contribution in [0.2, 0.25) is 0 Å². The fraction of sp³-hybridized carbons (Fsp3) is 0.211. The number of nitrogens with zero attached hydrogens (tertiary/aromatic N) is 1. The average molecular weight is 340 g/mol. The lowest BCUT2D eigenvalue weighted by Gasteiger charge is -2.19. The molecule has 25 heavy (non-hydrogen) atoms. The van der Waals surface area contributed by atoms with E-state index >= 15 is 0 Å². The second-order valence-corrected chi connectivity index (χ2v) is 5.58. The Bertz CT molecular complexity index is 745. The number of benzene rings is 1. The monoisotopic (exact) mass is 340 g/mol. The van der Waals surface area contributed by atoms with Crippen molar-refractivity contribution in [3.63, 3.8) is 0 Å². The van der Waals surface area contributed by atoms with E-state index in [1.165, 1.54) is 0 Å². The van der Waals surface area contributed by atoms with Crippen molar-refractivity contribution >= 4 is 11.6 Å². The molecule has 6 heteroatoms. The highest BCUT2D eigenvalue weighted by Crippen LogP contribution is 2.17. The predicted octanol–water partition coefficient (Wildman–Crippen LogP) is 3.52. The summed E-state index contributed by atoms with van der Waals surface area (Å²) in [5.74, 6) is 2.16. The molecule has 0 unspecified atom stereocenters. The van der Waals surface area contributed by atoms with Crippen LogP contribution in [0.1, 0.15) is 11.5 Å². The quantitative estimate of drug-likeness (QED) is 0.679. The smallest absolute Gasteiger partial charge is 0.238 e. The SMILES string of the molecule is COc1cccc(NC(=O)CN(Cc2ccco2)Cc2ccco2)c1. The van der Waals surface area contributed by atoms with Gasteiger partial charge in [0.15, 0.2) is 0 Å². The van der Waals surface area contributed by atoms with Gasteiger partial charge in [0.05, 0.1) is 39.3 Å². The van der Waals surface area contributed by atoms with Crippen LogP contribution >= 0.6 is 0 Å². The molecular weight excluding hydrogens is 320 g/mol. The van der Waals surface area contributed by atoms with Gasteiger partial charge in [0.2, 0.25) is 5.91 Å². The number of nitrogens with one attached hydrogen (secondary N) is 1. The molecule has 0 saturated carbocycles. The first-order valence-corrected chi connectivity index (χ1v) is 7.94. The van der Waals surface area contributed by atoms with Gasteiger partial charge in [0.1, 0.15) is 17.3 Å². The molecule has 1 N–H and O–H groups in total. The normalized spacial score (nSPS) is 10.8. The molecule has 0 fully saturated rings. The van der Waals surface area contributed by atoms with Crippen LogP contribution in [0.3, 0.4) is 0 Å². The van der Waals surface area contributed by atoms with E-state index in [0.717, 1.165) is 11.5 Å². The molecule has 0 bridgehead atoms. The van der Waals surface area contributed by atoms with Gasteiger partial charge in [-0.05, 0) is 36.4 Å². The van der Waals surface area contributed by atoms with Gasteiger partial charge in [-0.25, -0.2) is 0 Å². The highest BCUT2D eigenvalue weighted by Gasteiger charge is 2.15. The Labute approximate surface area is 146 Å². The largest absolute Gasteiger partial charge is 0.497 e. The third-order valence-corrected chi connectivity index (χ3v) is 3.64. The van der Waals surface area contributed by atoms with Gasteiger partial charge in [-0.1, -0.05) is 6.07 Å². The average Bonchev–Trinajstić information content (AvgIpc) is 3.29. The molecule has 1 amide bonds. The Balaban J connectivity index is 1.64. The Hall–Kier alpha value is -2.99. The zero-order valence-corrected chi connectivity index (χ0v) is 14.0. The van der Waals surface area contributed by atoms with E-state index < -0.39 is 0 Å². The number of hydrogen-bond acceptors (Lipinski definition) is 5. The Morgan fingerprint density at radius 1 is 1.04 bits per heavy atom. The van der Waals surface area contributed by atoms with Gasteiger partial charge >= 0.3 is 0 Å². The van der Waals surface area contributed by atoms with E-state index in [0.29, 0.717) is 24.5 Å². The first-order valence-electron chi connectivity index (χ1n) is 7.94. The maximum absolute atomic E-state index is 12.4. The van der Waals surface area contributed by atoms with Crippen LogP contribution < -0.4 is 10.1 Å². The lowest BCUT2D eigenvalue weighted by molar-refractivity contribution is -0.117. The van der Waals surface area contributed by atoms with E-state index in [1.807, 2.05) is 47.4 Å². The fourth-order valence-corrected chi connectivity index (χ4v) is 2.52. The van der Waals surface area contributed by atoms with Crippen LogP contribution in [0.15, 0.2) is 69.9 Å². The second kappa shape index (κ2) is 8.21. The van der Waals surface area contributed by atoms with Crippen molar-refractivity contribution in [1.29, 1.82) is 0 Å². The van der Waals surface area contributed by atoms with E-state index in [2.05, 4.69) is 5.32 Å². The van der Waals surface area contributed by atoms with Crippen LogP contribution in [0.5, 0.6) is 5.75 Å². The molecule has 0 aliphatic rings. The summed E-state index contributed by atoms with van der Waals surface area (Å²) in [7, 11) is 1.59. The fourth-order valence-electron chi connectivity index (χ4n) is 2.52. The highest BCUT2D eigenvalue weighted by atomic mass is 16.5. The van der Waals surface area contributed by atoms with E-state index in [4.69, 9.17) is 13.6 Å². The van der Waals surface area contributed by atoms with Crippen molar-refractivity contribution in [2.45, 2.75) is 13.1 Å². The topological polar surface area (TPSA) is 67.8 Å². The van der Waals surface area contributed by atoms with Crippen molar-refractivity contribution < 1.29 is 18.4 Å². The number of carbonyl (C=O) groups is 1. The van der Waals surface area contributed by atoms with Gasteiger partial charge in [0.25, 0.3) is 0 Å². The Morgan fingerprint density at radius 2 is 1.72 bits per heavy atom. The van der Waals surface area contributed by atoms with Gasteiger partial charge in [-0.2, -0.15) is 0 Å². The first-order chi connectivity index (χ1) is 12.2. The van der Waals surface area contributed by atoms with E-state index in [9.17, 15) is 4.79 Å². The number of rotatable bonds is 8. The summed E-state index contributed by atoms with van der Waals surface area (Å²) in [4.78, 5) is 14.4. The van der Waals surface area contributed by atoms with Gasteiger partial charge in [-0.3, -0.25) is 9.69 Å². The highest BCUT2D eigenvalue weighted by molar-refractivity contribution is 5.92. The minimum atomic E-state index is -0.119. The Kier molecular flexibility index (Phi) is 5.53. The molecule has 3 rings (SSSR count). The summed E-state index contributed by atoms with van der Waals surface area (Å²) in [5.41, 5.74) is 0.695. The van der Waals surface area contributed by atoms with Crippen molar-refractivity contribution in [3.05, 3.63) is 72.6 Å². The summed E-state index contributed by atoms with van der Waals surface area (Å²) in [6, 6.07) is 14.7. The van der Waals surface area contributed by atoms with Crippen LogP contribution in [0, 0.1) is 0 Å². The molecule has 0 aliphatic carbocycles. The summed E-state index contributed by atoms with van der Waals surface area (Å²) in [6.45, 7) is 1.23. The van der Waals surface area contributed by atoms with Crippen molar-refractivity contribution in [1.82, 2.24) is 4.90 Å². The van der Waals surface area contributed by atoms with E-state index in [-0.39, 0.29) is 12.5 Å². The molecule has 0 spiro atoms. The Morgan fingerprint density at radius 3 is 2.28 bits per heavy atom. The lowest BCUT2D eigenvalue weighted by atomic mass is 10.3. The number of carbonyl (C=O) groups excluding carboxylic acids is 1. The summed E-state index contributed by atoms with van der Waals surface area (Å²) < 4.78 is 16.0. The maximum Gasteiger partial charge on any atom is 0.238 e. The predicted molar refractivity (Wildman–Crippen MR) is 93.2 cm³/mol. The molecule has 6 nitrogen and oxygen atoms in total. The first kappa shape index (κ1) is 16.9. The van der Waals surface area contributed by atoms with Crippen molar-refractivity contribution in [3.8, 4) is 5.75 Å². The minimum Gasteiger partial charge on any atom is -0.497 e. The molecule has 0 aliphatic heterocycles. The summed E-state index contributed by atoms with van der Waals surface area (Å²) in [5, 5.41) is 2.88. The zero-order chi connectivity index (χ0) is 17.5. The third kappa shape index (κ3) is 4.99. The van der Waals surface area contributed by atoms with Crippen LogP contribution in [-0.4, -0.2) is 24.5 Å². The van der Waals surface area contributed by atoms with E-state index in [1.54, 1.807) is 25.7 Å². The van der Waals surface area contributed by atoms with Crippen LogP contribution in [0.4, 0.5) is 5.69 Å². The third-order valence-electron chi connectivity index (χ3n) is 3.64. The molecule has 0 radical (unpaired) electrons. The van der Waals surface area contributed by atoms with Crippen LogP contribution in [0.25, 0.3) is 0 Å². The van der Waals surface area contributed by atoms with Gasteiger partial charge in [-0.15, -0.1) is 0 Å². The number of hydrogen-bond donors (Lipinski definition) is 1. The molecule has 3 aromatic rings. The number of furan rings is 2. The van der Waals surface area contributed by atoms with Crippen molar-refractivity contribution in [2.24, 2.45) is 0 Å². The number of methoxy groups -OCH3 is 1. The molecular formula is C19H20N2O4. The number of amides is 1. The summed E-state index contributed by atoms with van der Waals surface area (Å²) in [6.07, 6.45) is 3.24. The molecule has 0 atom stereocenters.